The van der Waals surface area contributed by atoms with Crippen molar-refractivity contribution in [1.82, 2.24) is 0 Å². The maximum absolute atomic E-state index is 11.7. The molecule has 21 heavy (non-hydrogen) atoms. The molecule has 0 aliphatic heterocycles. The van der Waals surface area contributed by atoms with Crippen molar-refractivity contribution < 1.29 is 9.59 Å². The maximum atomic E-state index is 11.7. The molecule has 0 heterocycles. The third-order valence-electron chi connectivity index (χ3n) is 2.62. The zero-order valence-electron chi connectivity index (χ0n) is 11.3. The van der Waals surface area contributed by atoms with Crippen LogP contribution >= 0.6 is 0 Å². The van der Waals surface area contributed by atoms with Crippen molar-refractivity contribution in [3.63, 3.8) is 0 Å². The van der Waals surface area contributed by atoms with Crippen molar-refractivity contribution >= 4 is 36.5 Å². The van der Waals surface area contributed by atoms with E-state index >= 15 is 0 Å². The Bertz CT molecular complexity index is 599. The minimum absolute atomic E-state index is 0.130. The molecule has 0 bridgehead atoms. The number of benzene rings is 2. The molecule has 0 radical (unpaired) electrons. The van der Waals surface area contributed by atoms with Crippen LogP contribution in [0.5, 0.6) is 0 Å². The van der Waals surface area contributed by atoms with Gasteiger partial charge in [0.05, 0.1) is 0 Å². The first-order chi connectivity index (χ1) is 10.2. The second-order valence-electron chi connectivity index (χ2n) is 4.23. The van der Waals surface area contributed by atoms with Crippen LogP contribution in [0.2, 0.25) is 0 Å². The van der Waals surface area contributed by atoms with Crippen molar-refractivity contribution in [2.45, 2.75) is 0 Å². The number of carbonyl (C=O) groups excluding carboxylic acids is 2. The van der Waals surface area contributed by atoms with Gasteiger partial charge in [0.25, 0.3) is 0 Å². The topological polar surface area (TPSA) is 34.1 Å². The molecule has 0 aliphatic carbocycles. The van der Waals surface area contributed by atoms with Crippen LogP contribution in [0.15, 0.2) is 72.8 Å². The van der Waals surface area contributed by atoms with Crippen LogP contribution in [0.25, 0.3) is 12.2 Å². The van der Waals surface area contributed by atoms with Crippen LogP contribution in [0, 0.1) is 0 Å². The normalized spacial score (nSPS) is 11.0. The van der Waals surface area contributed by atoms with Gasteiger partial charge >= 0.3 is 130 Å². The number of carbonyl (C=O) groups is 2. The van der Waals surface area contributed by atoms with Gasteiger partial charge in [-0.05, 0) is 0 Å². The molecule has 2 rings (SSSR count). The Morgan fingerprint density at radius 3 is 1.43 bits per heavy atom. The van der Waals surface area contributed by atoms with Gasteiger partial charge in [0.2, 0.25) is 0 Å². The SMILES string of the molecule is O=C(/C=C/c1ccccc1)[Se]C(=O)/C=C/c1ccccc1. The second-order valence-corrected chi connectivity index (χ2v) is 6.34. The fourth-order valence-corrected chi connectivity index (χ4v) is 2.61. The van der Waals surface area contributed by atoms with E-state index in [-0.39, 0.29) is 9.36 Å². The molecule has 3 heteroatoms. The first-order valence-corrected chi connectivity index (χ1v) is 8.17. The minimum atomic E-state index is -0.698. The standard InChI is InChI=1S/C18H14O2Se/c19-17(13-11-15-7-3-1-4-8-15)21-18(20)14-12-16-9-5-2-6-10-16/h1-14H/b13-11+,14-12+. The van der Waals surface area contributed by atoms with E-state index in [1.807, 2.05) is 60.7 Å². The quantitative estimate of drug-likeness (QED) is 0.597. The van der Waals surface area contributed by atoms with E-state index in [0.29, 0.717) is 0 Å². The molecule has 104 valence electrons. The molecular weight excluding hydrogens is 327 g/mol. The average Bonchev–Trinajstić information content (AvgIpc) is 2.53. The van der Waals surface area contributed by atoms with Crippen molar-refractivity contribution in [3.8, 4) is 0 Å². The Morgan fingerprint density at radius 2 is 1.05 bits per heavy atom. The van der Waals surface area contributed by atoms with Crippen LogP contribution in [-0.2, 0) is 9.59 Å². The van der Waals surface area contributed by atoms with E-state index in [4.69, 9.17) is 0 Å². The van der Waals surface area contributed by atoms with Gasteiger partial charge < -0.3 is 0 Å². The number of rotatable bonds is 6. The van der Waals surface area contributed by atoms with E-state index in [9.17, 15) is 9.59 Å². The molecule has 0 aromatic heterocycles. The molecule has 0 N–H and O–H groups in total. The molecular formula is C18H14O2Se. The zero-order chi connectivity index (χ0) is 14.9. The van der Waals surface area contributed by atoms with E-state index in [1.165, 1.54) is 12.2 Å². The molecule has 0 unspecified atom stereocenters. The predicted octanol–water partition coefficient (Wildman–Crippen LogP) is 3.17. The van der Waals surface area contributed by atoms with Crippen LogP contribution in [-0.4, -0.2) is 24.3 Å². The summed E-state index contributed by atoms with van der Waals surface area (Å²) in [6.07, 6.45) is 6.42. The van der Waals surface area contributed by atoms with Crippen molar-refractivity contribution in [3.05, 3.63) is 83.9 Å². The van der Waals surface area contributed by atoms with E-state index in [2.05, 4.69) is 0 Å². The van der Waals surface area contributed by atoms with E-state index < -0.39 is 15.0 Å². The molecule has 0 aliphatic rings. The molecule has 2 aromatic rings. The van der Waals surface area contributed by atoms with E-state index in [1.54, 1.807) is 12.2 Å². The van der Waals surface area contributed by atoms with Crippen molar-refractivity contribution in [2.75, 3.05) is 0 Å². The number of hydrogen-bond donors (Lipinski definition) is 0. The second kappa shape index (κ2) is 8.15. The molecule has 2 aromatic carbocycles. The number of hydrogen-bond acceptors (Lipinski definition) is 2. The summed E-state index contributed by atoms with van der Waals surface area (Å²) in [6.45, 7) is 0. The molecule has 0 atom stereocenters. The van der Waals surface area contributed by atoms with E-state index in [0.717, 1.165) is 11.1 Å². The monoisotopic (exact) mass is 342 g/mol. The third kappa shape index (κ3) is 5.74. The first-order valence-electron chi connectivity index (χ1n) is 6.46. The Hall–Kier alpha value is -2.22. The molecule has 0 fully saturated rings. The fourth-order valence-electron chi connectivity index (χ4n) is 1.62. The molecule has 0 amide bonds. The van der Waals surface area contributed by atoms with Crippen LogP contribution in [0.1, 0.15) is 11.1 Å². The summed E-state index contributed by atoms with van der Waals surface area (Å²) in [5, 5.41) is 0. The van der Waals surface area contributed by atoms with Gasteiger partial charge in [0, 0.05) is 0 Å². The Balaban J connectivity index is 1.87. The Labute approximate surface area is 130 Å². The molecule has 0 saturated carbocycles. The predicted molar refractivity (Wildman–Crippen MR) is 86.7 cm³/mol. The van der Waals surface area contributed by atoms with Crippen molar-refractivity contribution in [2.24, 2.45) is 0 Å². The average molecular weight is 341 g/mol. The summed E-state index contributed by atoms with van der Waals surface area (Å²) in [7, 11) is 0. The summed E-state index contributed by atoms with van der Waals surface area (Å²) in [4.78, 5) is 23.4. The van der Waals surface area contributed by atoms with Gasteiger partial charge in [0.15, 0.2) is 0 Å². The van der Waals surface area contributed by atoms with Crippen LogP contribution in [0.4, 0.5) is 0 Å². The summed E-state index contributed by atoms with van der Waals surface area (Å²) in [6, 6.07) is 19.1. The fraction of sp³-hybridized carbons (Fsp3) is 0. The summed E-state index contributed by atoms with van der Waals surface area (Å²) < 4.78 is -0.261. The summed E-state index contributed by atoms with van der Waals surface area (Å²) in [5.74, 6) is 0. The number of allylic oxidation sites excluding steroid dienone is 2. The summed E-state index contributed by atoms with van der Waals surface area (Å²) >= 11 is -0.698. The van der Waals surface area contributed by atoms with Crippen LogP contribution < -0.4 is 0 Å². The van der Waals surface area contributed by atoms with Gasteiger partial charge in [-0.1, -0.05) is 0 Å². The van der Waals surface area contributed by atoms with Gasteiger partial charge in [0.1, 0.15) is 0 Å². The van der Waals surface area contributed by atoms with Gasteiger partial charge in [-0.25, -0.2) is 0 Å². The molecule has 2 nitrogen and oxygen atoms in total. The van der Waals surface area contributed by atoms with Crippen LogP contribution in [0.3, 0.4) is 0 Å². The Kier molecular flexibility index (Phi) is 5.89. The van der Waals surface area contributed by atoms with Gasteiger partial charge in [-0.15, -0.1) is 0 Å². The molecule has 0 spiro atoms. The first kappa shape index (κ1) is 15.2. The Morgan fingerprint density at radius 1 is 0.667 bits per heavy atom. The zero-order valence-corrected chi connectivity index (χ0v) is 13.0. The van der Waals surface area contributed by atoms with Crippen molar-refractivity contribution in [1.29, 1.82) is 0 Å². The molecule has 0 saturated heterocycles. The van der Waals surface area contributed by atoms with Gasteiger partial charge in [-0.3, -0.25) is 0 Å². The summed E-state index contributed by atoms with van der Waals surface area (Å²) in [5.41, 5.74) is 1.91. The third-order valence-corrected chi connectivity index (χ3v) is 4.04. The van der Waals surface area contributed by atoms with Gasteiger partial charge in [-0.2, -0.15) is 0 Å².